The normalized spacial score (nSPS) is 9.79. The van der Waals surface area contributed by atoms with Gasteiger partial charge in [-0.2, -0.15) is 0 Å². The first-order valence-electron chi connectivity index (χ1n) is 4.74. The number of aromatic nitrogens is 1. The van der Waals surface area contributed by atoms with E-state index in [0.29, 0.717) is 18.1 Å². The molecule has 76 valence electrons. The van der Waals surface area contributed by atoms with Crippen LogP contribution in [0.25, 0.3) is 0 Å². The van der Waals surface area contributed by atoms with Crippen LogP contribution in [0.4, 0.5) is 5.82 Å². The number of hydrogen-bond acceptors (Lipinski definition) is 3. The van der Waals surface area contributed by atoms with E-state index in [9.17, 15) is 4.79 Å². The minimum atomic E-state index is -0.161. The Kier molecular flexibility index (Phi) is 3.91. The summed E-state index contributed by atoms with van der Waals surface area (Å²) >= 11 is 0. The number of amides is 1. The molecule has 0 spiro atoms. The molecule has 14 heavy (non-hydrogen) atoms. The minimum absolute atomic E-state index is 0.161. The van der Waals surface area contributed by atoms with E-state index in [2.05, 4.69) is 17.2 Å². The highest BCUT2D eigenvalue weighted by Gasteiger charge is 2.05. The molecule has 4 nitrogen and oxygen atoms in total. The Hall–Kier alpha value is -1.58. The van der Waals surface area contributed by atoms with E-state index in [4.69, 9.17) is 5.73 Å². The molecule has 0 aliphatic carbocycles. The fourth-order valence-electron chi connectivity index (χ4n) is 1.05. The van der Waals surface area contributed by atoms with Crippen molar-refractivity contribution in [3.63, 3.8) is 0 Å². The zero-order chi connectivity index (χ0) is 10.4. The molecule has 0 aliphatic heterocycles. The lowest BCUT2D eigenvalue weighted by Crippen LogP contribution is -2.25. The summed E-state index contributed by atoms with van der Waals surface area (Å²) in [6.07, 6.45) is 2.04. The van der Waals surface area contributed by atoms with Gasteiger partial charge >= 0.3 is 0 Å². The first kappa shape index (κ1) is 10.5. The molecule has 0 unspecified atom stereocenters. The maximum Gasteiger partial charge on any atom is 0.269 e. The molecule has 0 bridgehead atoms. The number of anilines is 1. The predicted octanol–water partition coefficient (Wildman–Crippen LogP) is 1.19. The van der Waals surface area contributed by atoms with E-state index in [1.807, 2.05) is 0 Å². The minimum Gasteiger partial charge on any atom is -0.384 e. The van der Waals surface area contributed by atoms with Gasteiger partial charge in [-0.1, -0.05) is 19.4 Å². The second kappa shape index (κ2) is 5.21. The van der Waals surface area contributed by atoms with Gasteiger partial charge in [-0.05, 0) is 18.6 Å². The maximum absolute atomic E-state index is 11.4. The van der Waals surface area contributed by atoms with Gasteiger partial charge in [0.2, 0.25) is 0 Å². The lowest BCUT2D eigenvalue weighted by molar-refractivity contribution is 0.0948. The van der Waals surface area contributed by atoms with Crippen LogP contribution in [-0.2, 0) is 0 Å². The van der Waals surface area contributed by atoms with E-state index in [1.165, 1.54) is 0 Å². The summed E-state index contributed by atoms with van der Waals surface area (Å²) in [4.78, 5) is 15.4. The van der Waals surface area contributed by atoms with Crippen LogP contribution in [-0.4, -0.2) is 17.4 Å². The zero-order valence-corrected chi connectivity index (χ0v) is 8.29. The lowest BCUT2D eigenvalue weighted by Gasteiger charge is -2.03. The number of hydrogen-bond donors (Lipinski definition) is 2. The van der Waals surface area contributed by atoms with E-state index in [-0.39, 0.29) is 5.91 Å². The van der Waals surface area contributed by atoms with Gasteiger partial charge in [-0.3, -0.25) is 4.79 Å². The van der Waals surface area contributed by atoms with Crippen molar-refractivity contribution >= 4 is 11.7 Å². The first-order valence-corrected chi connectivity index (χ1v) is 4.74. The van der Waals surface area contributed by atoms with Gasteiger partial charge < -0.3 is 11.1 Å². The Labute approximate surface area is 83.5 Å². The van der Waals surface area contributed by atoms with Crippen molar-refractivity contribution < 1.29 is 4.79 Å². The van der Waals surface area contributed by atoms with Gasteiger partial charge in [0.1, 0.15) is 11.5 Å². The summed E-state index contributed by atoms with van der Waals surface area (Å²) in [6.45, 7) is 2.76. The summed E-state index contributed by atoms with van der Waals surface area (Å²) < 4.78 is 0. The summed E-state index contributed by atoms with van der Waals surface area (Å²) in [5.74, 6) is 0.207. The molecular formula is C10H15N3O. The van der Waals surface area contributed by atoms with Gasteiger partial charge in [-0.25, -0.2) is 4.98 Å². The Balaban J connectivity index is 2.52. The van der Waals surface area contributed by atoms with Crippen LogP contribution >= 0.6 is 0 Å². The molecule has 1 heterocycles. The van der Waals surface area contributed by atoms with Crippen molar-refractivity contribution in [2.75, 3.05) is 12.3 Å². The molecular weight excluding hydrogens is 178 g/mol. The Bertz CT molecular complexity index is 312. The van der Waals surface area contributed by atoms with Crippen LogP contribution in [0.15, 0.2) is 18.2 Å². The van der Waals surface area contributed by atoms with Crippen LogP contribution < -0.4 is 11.1 Å². The van der Waals surface area contributed by atoms with Crippen LogP contribution in [0.3, 0.4) is 0 Å². The number of pyridine rings is 1. The topological polar surface area (TPSA) is 68.0 Å². The van der Waals surface area contributed by atoms with Gasteiger partial charge in [0.25, 0.3) is 5.91 Å². The van der Waals surface area contributed by atoms with Crippen molar-refractivity contribution in [2.45, 2.75) is 19.8 Å². The molecule has 0 radical (unpaired) electrons. The largest absolute Gasteiger partial charge is 0.384 e. The Morgan fingerprint density at radius 1 is 1.57 bits per heavy atom. The molecule has 0 fully saturated rings. The highest BCUT2D eigenvalue weighted by molar-refractivity contribution is 5.92. The van der Waals surface area contributed by atoms with Crippen molar-refractivity contribution in [3.05, 3.63) is 23.9 Å². The van der Waals surface area contributed by atoms with Gasteiger partial charge in [0, 0.05) is 6.54 Å². The second-order valence-corrected chi connectivity index (χ2v) is 3.06. The number of nitrogen functional groups attached to an aromatic ring is 1. The molecule has 0 saturated carbocycles. The summed E-state index contributed by atoms with van der Waals surface area (Å²) in [5.41, 5.74) is 5.84. The number of nitrogens with two attached hydrogens (primary N) is 1. The number of nitrogens with zero attached hydrogens (tertiary/aromatic N) is 1. The summed E-state index contributed by atoms with van der Waals surface area (Å²) in [7, 11) is 0. The zero-order valence-electron chi connectivity index (χ0n) is 8.29. The van der Waals surface area contributed by atoms with Crippen molar-refractivity contribution in [1.29, 1.82) is 0 Å². The van der Waals surface area contributed by atoms with Crippen LogP contribution in [0, 0.1) is 0 Å². The first-order chi connectivity index (χ1) is 6.74. The van der Waals surface area contributed by atoms with Crippen LogP contribution in [0.2, 0.25) is 0 Å². The van der Waals surface area contributed by atoms with E-state index >= 15 is 0 Å². The molecule has 1 rings (SSSR count). The molecule has 0 aliphatic rings. The highest BCUT2D eigenvalue weighted by atomic mass is 16.1. The van der Waals surface area contributed by atoms with Gasteiger partial charge in [0.05, 0.1) is 0 Å². The second-order valence-electron chi connectivity index (χ2n) is 3.06. The third-order valence-corrected chi connectivity index (χ3v) is 1.82. The van der Waals surface area contributed by atoms with E-state index in [0.717, 1.165) is 12.8 Å². The molecule has 1 amide bonds. The van der Waals surface area contributed by atoms with Crippen LogP contribution in [0.5, 0.6) is 0 Å². The summed E-state index contributed by atoms with van der Waals surface area (Å²) in [6, 6.07) is 5.03. The number of unbranched alkanes of at least 4 members (excludes halogenated alkanes) is 1. The predicted molar refractivity (Wildman–Crippen MR) is 55.9 cm³/mol. The third kappa shape index (κ3) is 3.05. The fraction of sp³-hybridized carbons (Fsp3) is 0.400. The molecule has 1 aromatic heterocycles. The Morgan fingerprint density at radius 2 is 2.36 bits per heavy atom. The molecule has 0 atom stereocenters. The quantitative estimate of drug-likeness (QED) is 0.706. The maximum atomic E-state index is 11.4. The number of nitrogens with one attached hydrogen (secondary N) is 1. The van der Waals surface area contributed by atoms with Crippen molar-refractivity contribution in [2.24, 2.45) is 0 Å². The highest BCUT2D eigenvalue weighted by Crippen LogP contribution is 1.99. The molecule has 0 saturated heterocycles. The monoisotopic (exact) mass is 193 g/mol. The SMILES string of the molecule is CCCCNC(=O)c1cccc(N)n1. The van der Waals surface area contributed by atoms with Gasteiger partial charge in [0.15, 0.2) is 0 Å². The van der Waals surface area contributed by atoms with Crippen LogP contribution in [0.1, 0.15) is 30.3 Å². The number of rotatable bonds is 4. The molecule has 0 aromatic carbocycles. The average Bonchev–Trinajstić information content (AvgIpc) is 2.18. The summed E-state index contributed by atoms with van der Waals surface area (Å²) in [5, 5.41) is 2.77. The van der Waals surface area contributed by atoms with E-state index in [1.54, 1.807) is 18.2 Å². The standard InChI is InChI=1S/C10H15N3O/c1-2-3-7-12-10(14)8-5-4-6-9(11)13-8/h4-6H,2-3,7H2,1H3,(H2,11,13)(H,12,14). The van der Waals surface area contributed by atoms with Crippen molar-refractivity contribution in [3.8, 4) is 0 Å². The van der Waals surface area contributed by atoms with Crippen molar-refractivity contribution in [1.82, 2.24) is 10.3 Å². The number of carbonyl (C=O) groups is 1. The molecule has 3 N–H and O–H groups in total. The van der Waals surface area contributed by atoms with E-state index < -0.39 is 0 Å². The smallest absolute Gasteiger partial charge is 0.269 e. The Morgan fingerprint density at radius 3 is 3.00 bits per heavy atom. The number of carbonyl (C=O) groups excluding carboxylic acids is 1. The third-order valence-electron chi connectivity index (χ3n) is 1.82. The molecule has 4 heteroatoms. The lowest BCUT2D eigenvalue weighted by atomic mass is 10.3. The average molecular weight is 193 g/mol. The van der Waals surface area contributed by atoms with Gasteiger partial charge in [-0.15, -0.1) is 0 Å². The molecule has 1 aromatic rings. The fourth-order valence-corrected chi connectivity index (χ4v) is 1.05.